The second-order valence-electron chi connectivity index (χ2n) is 8.29. The summed E-state index contributed by atoms with van der Waals surface area (Å²) in [4.78, 5) is 38.6. The first-order valence-corrected chi connectivity index (χ1v) is 10.8. The van der Waals surface area contributed by atoms with Gasteiger partial charge in [0, 0.05) is 24.1 Å². The monoisotopic (exact) mass is 472 g/mol. The molecule has 0 aliphatic carbocycles. The van der Waals surface area contributed by atoms with E-state index in [1.54, 1.807) is 24.3 Å². The summed E-state index contributed by atoms with van der Waals surface area (Å²) in [5, 5.41) is 9.30. The van der Waals surface area contributed by atoms with Gasteiger partial charge < -0.3 is 25.8 Å². The predicted octanol–water partition coefficient (Wildman–Crippen LogP) is 2.31. The van der Waals surface area contributed by atoms with Crippen LogP contribution in [0.5, 0.6) is 11.5 Å². The number of rotatable bonds is 6. The number of methoxy groups -OCH3 is 2. The molecular weight excluding hydrogens is 448 g/mol. The minimum absolute atomic E-state index is 0.0177. The Bertz CT molecular complexity index is 1150. The molecule has 2 aliphatic rings. The Balaban J connectivity index is 1.77. The van der Waals surface area contributed by atoms with Crippen molar-refractivity contribution in [3.8, 4) is 11.5 Å². The van der Waals surface area contributed by atoms with Crippen molar-refractivity contribution in [2.24, 2.45) is 11.7 Å². The van der Waals surface area contributed by atoms with E-state index >= 15 is 0 Å². The van der Waals surface area contributed by atoms with Gasteiger partial charge in [0.15, 0.2) is 0 Å². The normalized spacial score (nSPS) is 23.2. The van der Waals surface area contributed by atoms with E-state index in [1.165, 1.54) is 14.2 Å². The molecule has 2 aromatic rings. The van der Waals surface area contributed by atoms with Gasteiger partial charge in [-0.15, -0.1) is 0 Å². The molecule has 2 aromatic carbocycles. The van der Waals surface area contributed by atoms with Crippen molar-refractivity contribution in [3.05, 3.63) is 46.5 Å². The van der Waals surface area contributed by atoms with E-state index in [2.05, 4.69) is 16.0 Å². The standard InChI is InChI=1S/C23H25ClN4O5/c1-11-6-14-20(16(24)7-11)27-22(31)23(14)15(8-12(28-23)9-19(25)29)21(30)26-17-10-13(32-2)4-5-18(17)33-3/h4-7,10,12,15,28H,8-9H2,1-3H3,(H2,25,29)(H,26,30)(H,27,31). The first kappa shape index (κ1) is 22.9. The lowest BCUT2D eigenvalue weighted by Crippen LogP contribution is -2.52. The van der Waals surface area contributed by atoms with Crippen LogP contribution in [-0.2, 0) is 19.9 Å². The number of primary amides is 1. The molecular formula is C23H25ClN4O5. The number of hydrogen-bond acceptors (Lipinski definition) is 6. The molecule has 1 saturated heterocycles. The molecule has 9 nitrogen and oxygen atoms in total. The lowest BCUT2D eigenvalue weighted by Gasteiger charge is -2.29. The largest absolute Gasteiger partial charge is 0.497 e. The highest BCUT2D eigenvalue weighted by Gasteiger charge is 2.60. The molecule has 2 heterocycles. The van der Waals surface area contributed by atoms with Crippen LogP contribution in [0.2, 0.25) is 5.02 Å². The van der Waals surface area contributed by atoms with Crippen LogP contribution in [0.25, 0.3) is 0 Å². The van der Waals surface area contributed by atoms with Crippen LogP contribution in [0.3, 0.4) is 0 Å². The minimum Gasteiger partial charge on any atom is -0.497 e. The van der Waals surface area contributed by atoms with Gasteiger partial charge in [0.1, 0.15) is 17.0 Å². The third kappa shape index (κ3) is 3.87. The van der Waals surface area contributed by atoms with Gasteiger partial charge in [-0.1, -0.05) is 17.7 Å². The molecule has 3 unspecified atom stereocenters. The second-order valence-corrected chi connectivity index (χ2v) is 8.69. The molecule has 0 saturated carbocycles. The van der Waals surface area contributed by atoms with Gasteiger partial charge in [0.25, 0.3) is 0 Å². The highest BCUT2D eigenvalue weighted by molar-refractivity contribution is 6.35. The van der Waals surface area contributed by atoms with Gasteiger partial charge in [-0.3, -0.25) is 19.7 Å². The molecule has 1 spiro atoms. The number of fused-ring (bicyclic) bond motifs is 2. The molecule has 3 atom stereocenters. The lowest BCUT2D eigenvalue weighted by atomic mass is 9.79. The summed E-state index contributed by atoms with van der Waals surface area (Å²) in [5.41, 5.74) is 6.28. The van der Waals surface area contributed by atoms with Crippen LogP contribution in [0, 0.1) is 12.8 Å². The van der Waals surface area contributed by atoms with E-state index in [0.29, 0.717) is 33.5 Å². The Morgan fingerprint density at radius 2 is 2.00 bits per heavy atom. The van der Waals surface area contributed by atoms with Crippen LogP contribution < -0.4 is 31.2 Å². The molecule has 1 fully saturated rings. The number of aryl methyl sites for hydroxylation is 1. The van der Waals surface area contributed by atoms with Crippen LogP contribution in [0.1, 0.15) is 24.0 Å². The Hall–Kier alpha value is -3.30. The van der Waals surface area contributed by atoms with Crippen molar-refractivity contribution >= 4 is 40.7 Å². The number of carbonyl (C=O) groups excluding carboxylic acids is 3. The van der Waals surface area contributed by atoms with Gasteiger partial charge >= 0.3 is 0 Å². The third-order valence-corrected chi connectivity index (χ3v) is 6.46. The van der Waals surface area contributed by atoms with Gasteiger partial charge in [-0.25, -0.2) is 0 Å². The average Bonchev–Trinajstić information content (AvgIpc) is 3.27. The Kier molecular flexibility index (Phi) is 5.94. The fraction of sp³-hybridized carbons (Fsp3) is 0.348. The van der Waals surface area contributed by atoms with E-state index < -0.39 is 35.2 Å². The predicted molar refractivity (Wildman–Crippen MR) is 124 cm³/mol. The zero-order valence-electron chi connectivity index (χ0n) is 18.5. The Morgan fingerprint density at radius 3 is 2.67 bits per heavy atom. The number of nitrogens with two attached hydrogens (primary N) is 1. The number of hydrogen-bond donors (Lipinski definition) is 4. The molecule has 0 radical (unpaired) electrons. The molecule has 5 N–H and O–H groups in total. The summed E-state index contributed by atoms with van der Waals surface area (Å²) < 4.78 is 10.6. The van der Waals surface area contributed by atoms with Gasteiger partial charge in [-0.05, 0) is 37.1 Å². The molecule has 4 rings (SSSR count). The highest BCUT2D eigenvalue weighted by atomic mass is 35.5. The summed E-state index contributed by atoms with van der Waals surface area (Å²) in [7, 11) is 3.01. The molecule has 10 heteroatoms. The topological polar surface area (TPSA) is 132 Å². The Labute approximate surface area is 195 Å². The van der Waals surface area contributed by atoms with Crippen LogP contribution >= 0.6 is 11.6 Å². The maximum Gasteiger partial charge on any atom is 0.250 e. The van der Waals surface area contributed by atoms with E-state index in [4.69, 9.17) is 26.8 Å². The van der Waals surface area contributed by atoms with E-state index in [9.17, 15) is 14.4 Å². The van der Waals surface area contributed by atoms with Crippen molar-refractivity contribution in [2.45, 2.75) is 31.3 Å². The van der Waals surface area contributed by atoms with Crippen molar-refractivity contribution in [1.82, 2.24) is 5.32 Å². The van der Waals surface area contributed by atoms with Gasteiger partial charge in [0.05, 0.1) is 36.5 Å². The maximum atomic E-state index is 13.6. The molecule has 0 bridgehead atoms. The zero-order chi connectivity index (χ0) is 23.9. The summed E-state index contributed by atoms with van der Waals surface area (Å²) in [6.45, 7) is 1.86. The molecule has 174 valence electrons. The first-order valence-electron chi connectivity index (χ1n) is 10.4. The average molecular weight is 473 g/mol. The van der Waals surface area contributed by atoms with E-state index in [0.717, 1.165) is 5.56 Å². The number of anilines is 2. The fourth-order valence-corrected chi connectivity index (χ4v) is 5.08. The summed E-state index contributed by atoms with van der Waals surface area (Å²) >= 11 is 6.41. The molecule has 33 heavy (non-hydrogen) atoms. The summed E-state index contributed by atoms with van der Waals surface area (Å²) in [5.74, 6) is -1.23. The number of benzene rings is 2. The molecule has 3 amide bonds. The molecule has 0 aromatic heterocycles. The summed E-state index contributed by atoms with van der Waals surface area (Å²) in [6, 6.07) is 8.11. The van der Waals surface area contributed by atoms with Crippen molar-refractivity contribution < 1.29 is 23.9 Å². The number of halogens is 1. The SMILES string of the molecule is COc1ccc(OC)c(NC(=O)C2CC(CC(N)=O)NC23C(=O)Nc2c(Cl)cc(C)cc23)c1. The summed E-state index contributed by atoms with van der Waals surface area (Å²) in [6.07, 6.45) is 0.204. The first-order chi connectivity index (χ1) is 15.7. The van der Waals surface area contributed by atoms with Crippen LogP contribution in [0.4, 0.5) is 11.4 Å². The third-order valence-electron chi connectivity index (χ3n) is 6.16. The highest BCUT2D eigenvalue weighted by Crippen LogP contribution is 2.50. The smallest absolute Gasteiger partial charge is 0.250 e. The number of nitrogens with one attached hydrogen (secondary N) is 3. The Morgan fingerprint density at radius 1 is 1.24 bits per heavy atom. The molecule has 2 aliphatic heterocycles. The quantitative estimate of drug-likeness (QED) is 0.510. The second kappa shape index (κ2) is 8.57. The number of amides is 3. The number of carbonyl (C=O) groups is 3. The van der Waals surface area contributed by atoms with E-state index in [1.807, 2.05) is 13.0 Å². The lowest BCUT2D eigenvalue weighted by molar-refractivity contribution is -0.130. The van der Waals surface area contributed by atoms with Crippen LogP contribution in [-0.4, -0.2) is 38.0 Å². The van der Waals surface area contributed by atoms with Crippen LogP contribution in [0.15, 0.2) is 30.3 Å². The van der Waals surface area contributed by atoms with Crippen molar-refractivity contribution in [3.63, 3.8) is 0 Å². The maximum absolute atomic E-state index is 13.6. The van der Waals surface area contributed by atoms with E-state index in [-0.39, 0.29) is 12.8 Å². The van der Waals surface area contributed by atoms with Crippen molar-refractivity contribution in [2.75, 3.05) is 24.9 Å². The number of ether oxygens (including phenoxy) is 2. The minimum atomic E-state index is -1.40. The van der Waals surface area contributed by atoms with Crippen molar-refractivity contribution in [1.29, 1.82) is 0 Å². The zero-order valence-corrected chi connectivity index (χ0v) is 19.2. The van der Waals surface area contributed by atoms with Gasteiger partial charge in [0.2, 0.25) is 17.7 Å². The van der Waals surface area contributed by atoms with Gasteiger partial charge in [-0.2, -0.15) is 0 Å². The fourth-order valence-electron chi connectivity index (χ4n) is 4.76.